The maximum Gasteiger partial charge on any atom is 0.0346 e. The summed E-state index contributed by atoms with van der Waals surface area (Å²) in [7, 11) is 0. The second-order valence-electron chi connectivity index (χ2n) is 14.2. The minimum atomic E-state index is -1.85. The molecule has 5 aromatic carbocycles. The van der Waals surface area contributed by atoms with Gasteiger partial charge in [-0.3, -0.25) is 0 Å². The third-order valence-electron chi connectivity index (χ3n) is 9.24. The third-order valence-corrected chi connectivity index (χ3v) is 14.9. The van der Waals surface area contributed by atoms with Crippen LogP contribution in [0.1, 0.15) is 32.2 Å². The van der Waals surface area contributed by atoms with E-state index in [1.807, 2.05) is 50.2 Å². The molecule has 0 unspecified atom stereocenters. The average Bonchev–Trinajstić information content (AvgIpc) is 3.53. The van der Waals surface area contributed by atoms with E-state index >= 15 is 0 Å². The molecule has 0 aliphatic carbocycles. The third kappa shape index (κ3) is 8.22. The molecule has 261 valence electrons. The molecule has 0 spiro atoms. The van der Waals surface area contributed by atoms with Gasteiger partial charge in [-0.2, -0.15) is 11.3 Å². The molecule has 8 aromatic rings. The number of nitrogens with zero attached hydrogens (tertiary/aromatic N) is 2. The topological polar surface area (TPSA) is 25.8 Å². The number of rotatable bonds is 6. The molecule has 0 atom stereocenters. The first-order valence-electron chi connectivity index (χ1n) is 17.9. The van der Waals surface area contributed by atoms with Crippen LogP contribution in [-0.4, -0.2) is 23.2 Å². The Balaban J connectivity index is 0.000000183. The Morgan fingerprint density at radius 3 is 2.00 bits per heavy atom. The Morgan fingerprint density at radius 1 is 0.673 bits per heavy atom. The Morgan fingerprint density at radius 2 is 1.35 bits per heavy atom. The van der Waals surface area contributed by atoms with Crippen molar-refractivity contribution in [3.8, 4) is 44.8 Å². The van der Waals surface area contributed by atoms with Gasteiger partial charge in [0.1, 0.15) is 0 Å². The summed E-state index contributed by atoms with van der Waals surface area (Å²) in [6.45, 7) is 6.01. The summed E-state index contributed by atoms with van der Waals surface area (Å²) in [6, 6.07) is 50.9. The van der Waals surface area contributed by atoms with E-state index in [-0.39, 0.29) is 20.1 Å². The van der Waals surface area contributed by atoms with E-state index in [1.54, 1.807) is 17.5 Å². The molecule has 3 aromatic heterocycles. The Bertz CT molecular complexity index is 2500. The average molecular weight is 933 g/mol. The van der Waals surface area contributed by atoms with E-state index in [0.717, 1.165) is 28.1 Å². The molecule has 0 aliphatic rings. The molecule has 2 nitrogen and oxygen atoms in total. The second-order valence-corrected chi connectivity index (χ2v) is 25.8. The van der Waals surface area contributed by atoms with Gasteiger partial charge in [-0.05, 0) is 51.0 Å². The second kappa shape index (κ2) is 16.2. The first-order valence-corrected chi connectivity index (χ1v) is 25.6. The number of benzene rings is 5. The number of fused-ring (bicyclic) bond motifs is 3. The van der Waals surface area contributed by atoms with Crippen LogP contribution in [0.15, 0.2) is 140 Å². The molecule has 0 saturated carbocycles. The summed E-state index contributed by atoms with van der Waals surface area (Å²) in [5, 5.41) is 2.49. The van der Waals surface area contributed by atoms with E-state index < -0.39 is 19.2 Å². The molecule has 0 bridgehead atoms. The van der Waals surface area contributed by atoms with Gasteiger partial charge in [-0.1, -0.05) is 67.3 Å². The zero-order chi connectivity index (χ0) is 36.5. The van der Waals surface area contributed by atoms with Crippen LogP contribution in [0, 0.1) is 19.1 Å². The largest absolute Gasteiger partial charge is 0.305 e. The van der Waals surface area contributed by atoms with Crippen molar-refractivity contribution in [2.75, 3.05) is 0 Å². The summed E-state index contributed by atoms with van der Waals surface area (Å²) >= 11 is -0.0648. The molecule has 0 fully saturated rings. The van der Waals surface area contributed by atoms with Gasteiger partial charge in [-0.15, -0.1) is 23.8 Å². The van der Waals surface area contributed by atoms with Gasteiger partial charge in [0.05, 0.1) is 0 Å². The zero-order valence-corrected chi connectivity index (χ0v) is 35.7. The van der Waals surface area contributed by atoms with Gasteiger partial charge in [-0.25, -0.2) is 0 Å². The number of hydrogen-bond acceptors (Lipinski definition) is 3. The van der Waals surface area contributed by atoms with Gasteiger partial charge in [0.2, 0.25) is 0 Å². The normalized spacial score (nSPS) is 11.8. The van der Waals surface area contributed by atoms with Gasteiger partial charge in [0.15, 0.2) is 0 Å². The van der Waals surface area contributed by atoms with Gasteiger partial charge < -0.3 is 4.98 Å². The molecule has 52 heavy (non-hydrogen) atoms. The van der Waals surface area contributed by atoms with Crippen LogP contribution in [0.25, 0.3) is 64.9 Å². The zero-order valence-electron chi connectivity index (χ0n) is 31.4. The molecule has 8 rings (SSSR count). The minimum absolute atomic E-state index is 0. The molecular formula is C47H42GeIrN2S-2. The fraction of sp³-hybridized carbons (Fsp3) is 0.149. The van der Waals surface area contributed by atoms with Gasteiger partial charge in [0, 0.05) is 32.4 Å². The van der Waals surface area contributed by atoms with Crippen molar-refractivity contribution >= 4 is 49.2 Å². The maximum atomic E-state index is 8.35. The first-order chi connectivity index (χ1) is 25.0. The molecule has 0 N–H and O–H groups in total. The Hall–Kier alpha value is -4.19. The molecule has 0 saturated heterocycles. The monoisotopic (exact) mass is 934 g/mol. The van der Waals surface area contributed by atoms with Crippen molar-refractivity contribution in [1.82, 2.24) is 9.97 Å². The number of hydrogen-bond donors (Lipinski definition) is 0. The van der Waals surface area contributed by atoms with E-state index in [2.05, 4.69) is 139 Å². The minimum Gasteiger partial charge on any atom is -0.305 e. The van der Waals surface area contributed by atoms with Crippen molar-refractivity contribution in [3.05, 3.63) is 163 Å². The van der Waals surface area contributed by atoms with Gasteiger partial charge >= 0.3 is 142 Å². The number of pyridine rings is 2. The first kappa shape index (κ1) is 36.2. The summed E-state index contributed by atoms with van der Waals surface area (Å²) in [6.07, 6.45) is 3.89. The number of aromatic nitrogens is 2. The summed E-state index contributed by atoms with van der Waals surface area (Å²) in [5.74, 6) is 6.57. The van der Waals surface area contributed by atoms with E-state index in [9.17, 15) is 0 Å². The summed E-state index contributed by atoms with van der Waals surface area (Å²) < 4.78 is 12.3. The maximum absolute atomic E-state index is 8.35. The number of thiophene rings is 1. The smallest absolute Gasteiger partial charge is 0.0346 e. The standard InChI is InChI=1S/C26H20NS.C21H22GeN.Ir/c1-17(2)19-13-14-27-24(16-19)22-10-6-9-21-23-15-20(18-7-4-3-5-8-18)11-12-25(23)28-26(21)22;1-16-13-21(23-15-20(16)22(2,3)4)19-12-8-11-18(14-19)17-9-6-5-7-10-17;/h3-9,11-17H,1-2H3;5-11,13-15H,1-4H3;/q2*-1;/i17D;;. The van der Waals surface area contributed by atoms with E-state index in [1.165, 1.54) is 52.4 Å². The predicted octanol–water partition coefficient (Wildman–Crippen LogP) is 12.8. The summed E-state index contributed by atoms with van der Waals surface area (Å²) in [4.78, 5) is 9.33. The van der Waals surface area contributed by atoms with Crippen molar-refractivity contribution < 1.29 is 21.5 Å². The van der Waals surface area contributed by atoms with Crippen LogP contribution in [0.5, 0.6) is 0 Å². The Labute approximate surface area is 330 Å². The fourth-order valence-corrected chi connectivity index (χ4v) is 11.3. The van der Waals surface area contributed by atoms with Crippen LogP contribution in [0.4, 0.5) is 0 Å². The van der Waals surface area contributed by atoms with Crippen LogP contribution in [0.2, 0.25) is 17.3 Å². The molecular weight excluding hydrogens is 889 g/mol. The van der Waals surface area contributed by atoms with Crippen LogP contribution < -0.4 is 4.40 Å². The van der Waals surface area contributed by atoms with E-state index in [4.69, 9.17) is 6.35 Å². The van der Waals surface area contributed by atoms with Crippen LogP contribution in [-0.2, 0) is 20.1 Å². The summed E-state index contributed by atoms with van der Waals surface area (Å²) in [5.41, 5.74) is 11.2. The Kier molecular flexibility index (Phi) is 11.3. The molecule has 0 amide bonds. The van der Waals surface area contributed by atoms with Gasteiger partial charge in [0.25, 0.3) is 0 Å². The molecule has 1 radical (unpaired) electrons. The quantitative estimate of drug-likeness (QED) is 0.123. The molecule has 0 aliphatic heterocycles. The van der Waals surface area contributed by atoms with Crippen molar-refractivity contribution in [3.63, 3.8) is 0 Å². The fourth-order valence-electron chi connectivity index (χ4n) is 6.53. The van der Waals surface area contributed by atoms with Crippen LogP contribution in [0.3, 0.4) is 0 Å². The predicted molar refractivity (Wildman–Crippen MR) is 223 cm³/mol. The van der Waals surface area contributed by atoms with Crippen LogP contribution >= 0.6 is 11.3 Å². The van der Waals surface area contributed by atoms with Crippen molar-refractivity contribution in [1.29, 1.82) is 0 Å². The van der Waals surface area contributed by atoms with Crippen molar-refractivity contribution in [2.45, 2.75) is 43.9 Å². The molecule has 5 heteroatoms. The van der Waals surface area contributed by atoms with E-state index in [0.29, 0.717) is 0 Å². The van der Waals surface area contributed by atoms with Crippen molar-refractivity contribution in [2.24, 2.45) is 0 Å². The SMILES string of the molecule is Cc1cc(-c2[c-]ccc(-c3ccccc3)c2)nc[c]1[Ge]([CH3])([CH3])[CH3].[2H]C(C)(C)c1ccnc(-c2[c-]ccc3c2sc2ccc(-c4ccccc4)cc23)c1.[Ir]. The number of aryl methyl sites for hydroxylation is 1. The molecule has 3 heterocycles.